The van der Waals surface area contributed by atoms with Crippen molar-refractivity contribution in [3.63, 3.8) is 0 Å². The van der Waals surface area contributed by atoms with Crippen LogP contribution in [0.15, 0.2) is 97.2 Å². The number of carbonyl (C=O) groups excluding carboxylic acids is 1. The van der Waals surface area contributed by atoms with Crippen LogP contribution < -0.4 is 5.73 Å². The first-order valence-electron chi connectivity index (χ1n) is 22.7. The fourth-order valence-corrected chi connectivity index (χ4v) is 6.48. The Morgan fingerprint density at radius 2 is 0.966 bits per heavy atom. The zero-order chi connectivity index (χ0) is 42.3. The lowest BCUT2D eigenvalue weighted by Gasteiger charge is -2.19. The largest absolute Gasteiger partial charge is 0.472 e. The second-order valence-electron chi connectivity index (χ2n) is 14.5. The summed E-state index contributed by atoms with van der Waals surface area (Å²) < 4.78 is 33.3. The molecule has 0 spiro atoms. The van der Waals surface area contributed by atoms with E-state index >= 15 is 0 Å². The first-order chi connectivity index (χ1) is 28.4. The van der Waals surface area contributed by atoms with E-state index in [2.05, 4.69) is 105 Å². The molecule has 0 aliphatic carbocycles. The molecule has 0 amide bonds. The average molecular weight is 830 g/mol. The summed E-state index contributed by atoms with van der Waals surface area (Å²) in [5, 5.41) is 0. The number of phosphoric ester groups is 1. The Morgan fingerprint density at radius 1 is 0.534 bits per heavy atom. The van der Waals surface area contributed by atoms with Crippen molar-refractivity contribution in [1.29, 1.82) is 0 Å². The SMILES string of the molecule is CC/C=C\C/C=C\C/C=C\C/C=C\C/C=C\CCOCC(COP(=O)(O)OCCN)OC(=O)CCCCCCCCCC/C=C\C/C=C\C/C=C\CCCCCCC. The Hall–Kier alpha value is -2.58. The summed E-state index contributed by atoms with van der Waals surface area (Å²) in [5.41, 5.74) is 5.37. The van der Waals surface area contributed by atoms with Crippen LogP contribution in [0.25, 0.3) is 0 Å². The summed E-state index contributed by atoms with van der Waals surface area (Å²) in [7, 11) is -4.31. The number of rotatable bonds is 42. The Morgan fingerprint density at radius 3 is 1.45 bits per heavy atom. The van der Waals surface area contributed by atoms with E-state index in [0.29, 0.717) is 13.0 Å². The molecule has 0 heterocycles. The van der Waals surface area contributed by atoms with Crippen LogP contribution in [-0.4, -0.2) is 49.9 Å². The molecule has 0 aliphatic rings. The highest BCUT2D eigenvalue weighted by molar-refractivity contribution is 7.47. The summed E-state index contributed by atoms with van der Waals surface area (Å²) in [6.07, 6.45) is 60.2. The van der Waals surface area contributed by atoms with Gasteiger partial charge in [-0.15, -0.1) is 0 Å². The van der Waals surface area contributed by atoms with Gasteiger partial charge in [-0.25, -0.2) is 4.57 Å². The van der Waals surface area contributed by atoms with Crippen LogP contribution in [0.2, 0.25) is 0 Å². The Kier molecular flexibility index (Phi) is 43.5. The first kappa shape index (κ1) is 55.4. The summed E-state index contributed by atoms with van der Waals surface area (Å²) in [4.78, 5) is 22.5. The zero-order valence-corrected chi connectivity index (χ0v) is 37.6. The van der Waals surface area contributed by atoms with Gasteiger partial charge in [0.2, 0.25) is 0 Å². The molecule has 8 nitrogen and oxygen atoms in total. The molecule has 2 atom stereocenters. The van der Waals surface area contributed by atoms with Crippen molar-refractivity contribution in [3.05, 3.63) is 97.2 Å². The molecule has 9 heteroatoms. The molecule has 3 N–H and O–H groups in total. The number of unbranched alkanes of at least 4 members (excludes halogenated alkanes) is 13. The van der Waals surface area contributed by atoms with Crippen molar-refractivity contribution < 1.29 is 32.8 Å². The van der Waals surface area contributed by atoms with E-state index in [9.17, 15) is 14.3 Å². The summed E-state index contributed by atoms with van der Waals surface area (Å²) in [6.45, 7) is 4.53. The number of nitrogens with two attached hydrogens (primary N) is 1. The summed E-state index contributed by atoms with van der Waals surface area (Å²) >= 11 is 0. The number of carbonyl (C=O) groups is 1. The number of allylic oxidation sites excluding steroid dienone is 15. The fraction of sp³-hybridized carbons (Fsp3) is 0.653. The van der Waals surface area contributed by atoms with Gasteiger partial charge in [-0.3, -0.25) is 13.8 Å². The standard InChI is InChI=1S/C49H84NO7P/c1-3-5-7-9-11-13-15-17-19-21-22-23-24-25-26-27-28-30-32-34-36-38-40-42-49(51)57-48(47-56-58(52,53)55-45-43-50)46-54-44-41-39-37-35-33-31-29-20-18-16-14-12-10-8-6-4-2/h6,8,12,14-15,17-18,20-22,24-25,31,33,37,39,48H,3-5,7,9-11,13,16,19,23,26-30,32,34-36,38,40-47,50H2,1-2H3,(H,52,53)/b8-6-,14-12-,17-15-,20-18-,22-21-,25-24-,33-31-,39-37-. The molecule has 0 rings (SSSR count). The maximum absolute atomic E-state index is 12.6. The molecule has 58 heavy (non-hydrogen) atoms. The maximum Gasteiger partial charge on any atom is 0.472 e. The lowest BCUT2D eigenvalue weighted by Crippen LogP contribution is -2.28. The monoisotopic (exact) mass is 830 g/mol. The first-order valence-corrected chi connectivity index (χ1v) is 24.2. The van der Waals surface area contributed by atoms with E-state index < -0.39 is 13.9 Å². The summed E-state index contributed by atoms with van der Waals surface area (Å²) in [5.74, 6) is -0.366. The van der Waals surface area contributed by atoms with Crippen molar-refractivity contribution in [3.8, 4) is 0 Å². The van der Waals surface area contributed by atoms with Crippen LogP contribution in [0.5, 0.6) is 0 Å². The molecule has 0 fully saturated rings. The van der Waals surface area contributed by atoms with Crippen molar-refractivity contribution in [2.75, 3.05) is 33.0 Å². The number of ether oxygens (including phenoxy) is 2. The molecule has 0 aliphatic heterocycles. The number of esters is 1. The van der Waals surface area contributed by atoms with Gasteiger partial charge in [-0.2, -0.15) is 0 Å². The summed E-state index contributed by atoms with van der Waals surface area (Å²) in [6, 6.07) is 0. The Balaban J connectivity index is 4.13. The predicted octanol–water partition coefficient (Wildman–Crippen LogP) is 13.9. The minimum absolute atomic E-state index is 0.0530. The van der Waals surface area contributed by atoms with Gasteiger partial charge < -0.3 is 20.1 Å². The Bertz CT molecular complexity index is 1200. The Labute approximate surface area is 355 Å². The van der Waals surface area contributed by atoms with Crippen LogP contribution in [0, 0.1) is 0 Å². The molecular weight excluding hydrogens is 746 g/mol. The van der Waals surface area contributed by atoms with Gasteiger partial charge >= 0.3 is 13.8 Å². The molecule has 0 saturated heterocycles. The highest BCUT2D eigenvalue weighted by Crippen LogP contribution is 2.43. The van der Waals surface area contributed by atoms with Gasteiger partial charge in [0.15, 0.2) is 0 Å². The van der Waals surface area contributed by atoms with Crippen molar-refractivity contribution in [2.24, 2.45) is 5.73 Å². The van der Waals surface area contributed by atoms with E-state index in [1.807, 2.05) is 6.08 Å². The maximum atomic E-state index is 12.6. The fourth-order valence-electron chi connectivity index (χ4n) is 5.71. The molecule has 2 unspecified atom stereocenters. The number of hydrogen-bond donors (Lipinski definition) is 2. The molecule has 0 aromatic carbocycles. The average Bonchev–Trinajstić information content (AvgIpc) is 3.21. The number of phosphoric acid groups is 1. The zero-order valence-electron chi connectivity index (χ0n) is 36.7. The van der Waals surface area contributed by atoms with Crippen LogP contribution >= 0.6 is 7.82 Å². The third-order valence-electron chi connectivity index (χ3n) is 9.00. The minimum atomic E-state index is -4.31. The minimum Gasteiger partial charge on any atom is -0.457 e. The third-order valence-corrected chi connectivity index (χ3v) is 9.99. The number of hydrogen-bond acceptors (Lipinski definition) is 7. The van der Waals surface area contributed by atoms with Gasteiger partial charge in [0, 0.05) is 13.0 Å². The lowest BCUT2D eigenvalue weighted by atomic mass is 10.1. The van der Waals surface area contributed by atoms with Crippen molar-refractivity contribution in [1.82, 2.24) is 0 Å². The van der Waals surface area contributed by atoms with E-state index in [1.54, 1.807) is 0 Å². The second-order valence-corrected chi connectivity index (χ2v) is 16.0. The van der Waals surface area contributed by atoms with Crippen molar-refractivity contribution in [2.45, 2.75) is 174 Å². The van der Waals surface area contributed by atoms with E-state index in [4.69, 9.17) is 24.3 Å². The van der Waals surface area contributed by atoms with Gasteiger partial charge in [0.1, 0.15) is 6.10 Å². The second kappa shape index (κ2) is 45.5. The molecular formula is C49H84NO7P. The van der Waals surface area contributed by atoms with Crippen molar-refractivity contribution >= 4 is 13.8 Å². The van der Waals surface area contributed by atoms with E-state index in [0.717, 1.165) is 70.6 Å². The van der Waals surface area contributed by atoms with E-state index in [1.165, 1.54) is 70.6 Å². The lowest BCUT2D eigenvalue weighted by molar-refractivity contribution is -0.154. The third kappa shape index (κ3) is 44.5. The van der Waals surface area contributed by atoms with E-state index in [-0.39, 0.29) is 38.8 Å². The van der Waals surface area contributed by atoms with Crippen LogP contribution in [0.4, 0.5) is 0 Å². The highest BCUT2D eigenvalue weighted by Gasteiger charge is 2.25. The molecule has 0 aromatic heterocycles. The molecule has 332 valence electrons. The van der Waals surface area contributed by atoms with Crippen LogP contribution in [0.3, 0.4) is 0 Å². The molecule has 0 bridgehead atoms. The highest BCUT2D eigenvalue weighted by atomic mass is 31.2. The van der Waals surface area contributed by atoms with Crippen LogP contribution in [-0.2, 0) is 27.9 Å². The smallest absolute Gasteiger partial charge is 0.457 e. The van der Waals surface area contributed by atoms with Gasteiger partial charge in [-0.1, -0.05) is 175 Å². The van der Waals surface area contributed by atoms with Gasteiger partial charge in [0.25, 0.3) is 0 Å². The molecule has 0 radical (unpaired) electrons. The molecule has 0 aromatic rings. The van der Waals surface area contributed by atoms with Crippen LogP contribution in [0.1, 0.15) is 168 Å². The topological polar surface area (TPSA) is 117 Å². The molecule has 0 saturated carbocycles. The predicted molar refractivity (Wildman–Crippen MR) is 247 cm³/mol. The normalized spacial score (nSPS) is 14.3. The quantitative estimate of drug-likeness (QED) is 0.0270. The van der Waals surface area contributed by atoms with Gasteiger partial charge in [0.05, 0.1) is 26.4 Å². The van der Waals surface area contributed by atoms with Gasteiger partial charge in [-0.05, 0) is 83.5 Å².